The van der Waals surface area contributed by atoms with Crippen LogP contribution in [0.5, 0.6) is 0 Å². The van der Waals surface area contributed by atoms with Crippen LogP contribution in [0, 0.1) is 6.92 Å². The molecule has 5 heteroatoms. The van der Waals surface area contributed by atoms with Crippen LogP contribution in [0.25, 0.3) is 10.9 Å². The maximum absolute atomic E-state index is 10.9. The number of rotatable bonds is 4. The molecule has 1 aromatic carbocycles. The number of likely N-dealkylation sites (N-methyl/N-ethyl adjacent to an activating group) is 1. The summed E-state index contributed by atoms with van der Waals surface area (Å²) in [7, 11) is 2.18. The fourth-order valence-corrected chi connectivity index (χ4v) is 3.89. The first kappa shape index (κ1) is 16.8. The molecule has 0 fully saturated rings. The number of carboxylic acid groups (broad SMARTS) is 1. The molecular formula is C21H23N3O2. The number of carbonyl (C=O) groups is 1. The zero-order valence-corrected chi connectivity index (χ0v) is 15.2. The number of hydrogen-bond acceptors (Lipinski definition) is 3. The van der Waals surface area contributed by atoms with Gasteiger partial charge in [0.05, 0.1) is 0 Å². The fraction of sp³-hybridized carbons (Fsp3) is 0.333. The summed E-state index contributed by atoms with van der Waals surface area (Å²) in [5, 5.41) is 10.3. The number of benzene rings is 1. The zero-order valence-electron chi connectivity index (χ0n) is 15.2. The topological polar surface area (TPSA) is 58.4 Å². The summed E-state index contributed by atoms with van der Waals surface area (Å²) in [6, 6.07) is 10.2. The van der Waals surface area contributed by atoms with Crippen LogP contribution in [0.4, 0.5) is 0 Å². The van der Waals surface area contributed by atoms with Gasteiger partial charge in [0.25, 0.3) is 0 Å². The minimum absolute atomic E-state index is 0.0936. The molecule has 1 N–H and O–H groups in total. The summed E-state index contributed by atoms with van der Waals surface area (Å²) >= 11 is 0. The van der Waals surface area contributed by atoms with Crippen molar-refractivity contribution in [3.8, 4) is 0 Å². The normalized spacial score (nSPS) is 14.5. The lowest BCUT2D eigenvalue weighted by Gasteiger charge is -2.24. The third-order valence-corrected chi connectivity index (χ3v) is 5.27. The van der Waals surface area contributed by atoms with Crippen LogP contribution < -0.4 is 0 Å². The van der Waals surface area contributed by atoms with Crippen LogP contribution >= 0.6 is 0 Å². The summed E-state index contributed by atoms with van der Waals surface area (Å²) in [5.74, 6) is -0.985. The van der Waals surface area contributed by atoms with Crippen LogP contribution in [-0.2, 0) is 25.9 Å². The van der Waals surface area contributed by atoms with Gasteiger partial charge in [-0.25, -0.2) is 9.78 Å². The van der Waals surface area contributed by atoms with Gasteiger partial charge in [0, 0.05) is 48.8 Å². The largest absolute Gasteiger partial charge is 0.477 e. The van der Waals surface area contributed by atoms with Crippen molar-refractivity contribution in [2.75, 3.05) is 13.6 Å². The van der Waals surface area contributed by atoms with E-state index in [0.29, 0.717) is 0 Å². The van der Waals surface area contributed by atoms with Crippen molar-refractivity contribution in [2.24, 2.45) is 0 Å². The van der Waals surface area contributed by atoms with Crippen molar-refractivity contribution in [3.05, 3.63) is 64.6 Å². The van der Waals surface area contributed by atoms with Gasteiger partial charge in [0.2, 0.25) is 0 Å². The Hall–Kier alpha value is -2.66. The predicted octanol–water partition coefficient (Wildman–Crippen LogP) is 3.27. The van der Waals surface area contributed by atoms with Gasteiger partial charge in [-0.3, -0.25) is 0 Å². The molecule has 2 aromatic heterocycles. The van der Waals surface area contributed by atoms with E-state index < -0.39 is 5.97 Å². The monoisotopic (exact) mass is 349 g/mol. The summed E-state index contributed by atoms with van der Waals surface area (Å²) < 4.78 is 2.45. The number of hydrogen-bond donors (Lipinski definition) is 1. The van der Waals surface area contributed by atoms with Gasteiger partial charge in [-0.05, 0) is 49.7 Å². The average molecular weight is 349 g/mol. The molecule has 0 saturated carbocycles. The van der Waals surface area contributed by atoms with Crippen LogP contribution in [0.15, 0.2) is 36.5 Å². The Bertz CT molecular complexity index is 973. The molecule has 0 saturated heterocycles. The minimum Gasteiger partial charge on any atom is -0.477 e. The molecular weight excluding hydrogens is 326 g/mol. The lowest BCUT2D eigenvalue weighted by molar-refractivity contribution is 0.0690. The smallest absolute Gasteiger partial charge is 0.354 e. The Balaban J connectivity index is 1.67. The first-order valence-corrected chi connectivity index (χ1v) is 9.00. The maximum atomic E-state index is 10.9. The third-order valence-electron chi connectivity index (χ3n) is 5.27. The van der Waals surface area contributed by atoms with Crippen molar-refractivity contribution in [1.29, 1.82) is 0 Å². The lowest BCUT2D eigenvalue weighted by Crippen LogP contribution is -2.27. The quantitative estimate of drug-likeness (QED) is 0.785. The van der Waals surface area contributed by atoms with Gasteiger partial charge in [-0.1, -0.05) is 17.7 Å². The van der Waals surface area contributed by atoms with E-state index in [1.807, 2.05) is 6.07 Å². The average Bonchev–Trinajstić information content (AvgIpc) is 2.92. The van der Waals surface area contributed by atoms with Crippen LogP contribution in [-0.4, -0.2) is 39.1 Å². The third kappa shape index (κ3) is 2.99. The number of nitrogens with zero attached hydrogens (tertiary/aromatic N) is 3. The Labute approximate surface area is 152 Å². The molecule has 0 aliphatic carbocycles. The van der Waals surface area contributed by atoms with Gasteiger partial charge >= 0.3 is 5.97 Å². The zero-order chi connectivity index (χ0) is 18.3. The SMILES string of the molecule is Cc1ccc2c(c1)c1c(n2CCc2ccc(C(=O)O)nc2)CCN(C)C1. The predicted molar refractivity (Wildman–Crippen MR) is 102 cm³/mol. The minimum atomic E-state index is -0.985. The molecule has 3 aromatic rings. The highest BCUT2D eigenvalue weighted by Crippen LogP contribution is 2.31. The van der Waals surface area contributed by atoms with Gasteiger partial charge in [-0.2, -0.15) is 0 Å². The van der Waals surface area contributed by atoms with E-state index in [9.17, 15) is 4.79 Å². The fourth-order valence-electron chi connectivity index (χ4n) is 3.89. The molecule has 0 spiro atoms. The van der Waals surface area contributed by atoms with E-state index in [-0.39, 0.29) is 5.69 Å². The molecule has 3 heterocycles. The van der Waals surface area contributed by atoms with Crippen molar-refractivity contribution in [1.82, 2.24) is 14.5 Å². The highest BCUT2D eigenvalue weighted by atomic mass is 16.4. The van der Waals surface area contributed by atoms with E-state index in [4.69, 9.17) is 5.11 Å². The maximum Gasteiger partial charge on any atom is 0.354 e. The number of fused-ring (bicyclic) bond motifs is 3. The Morgan fingerprint density at radius 1 is 1.27 bits per heavy atom. The molecule has 0 bridgehead atoms. The summed E-state index contributed by atoms with van der Waals surface area (Å²) in [6.07, 6.45) is 3.59. The molecule has 1 aliphatic heterocycles. The number of aromatic carboxylic acids is 1. The van der Waals surface area contributed by atoms with Crippen LogP contribution in [0.3, 0.4) is 0 Å². The van der Waals surface area contributed by atoms with Crippen LogP contribution in [0.2, 0.25) is 0 Å². The molecule has 0 unspecified atom stereocenters. The molecule has 26 heavy (non-hydrogen) atoms. The molecule has 0 atom stereocenters. The summed E-state index contributed by atoms with van der Waals surface area (Å²) in [6.45, 7) is 5.10. The van der Waals surface area contributed by atoms with Gasteiger partial charge in [-0.15, -0.1) is 0 Å². The van der Waals surface area contributed by atoms with Crippen molar-refractivity contribution in [2.45, 2.75) is 32.9 Å². The van der Waals surface area contributed by atoms with Gasteiger partial charge in [0.15, 0.2) is 0 Å². The Morgan fingerprint density at radius 2 is 2.12 bits per heavy atom. The first-order valence-electron chi connectivity index (χ1n) is 9.00. The van der Waals surface area contributed by atoms with E-state index >= 15 is 0 Å². The van der Waals surface area contributed by atoms with E-state index in [1.165, 1.54) is 27.7 Å². The lowest BCUT2D eigenvalue weighted by atomic mass is 10.0. The second-order valence-corrected chi connectivity index (χ2v) is 7.19. The highest BCUT2D eigenvalue weighted by Gasteiger charge is 2.22. The molecule has 1 aliphatic rings. The highest BCUT2D eigenvalue weighted by molar-refractivity contribution is 5.86. The van der Waals surface area contributed by atoms with Gasteiger partial charge in [0.1, 0.15) is 5.69 Å². The number of aromatic nitrogens is 2. The van der Waals surface area contributed by atoms with Crippen LogP contribution in [0.1, 0.15) is 32.9 Å². The summed E-state index contributed by atoms with van der Waals surface area (Å²) in [5.41, 5.74) is 6.64. The van der Waals surface area contributed by atoms with Crippen molar-refractivity contribution >= 4 is 16.9 Å². The van der Waals surface area contributed by atoms with Crippen molar-refractivity contribution in [3.63, 3.8) is 0 Å². The Morgan fingerprint density at radius 3 is 2.85 bits per heavy atom. The van der Waals surface area contributed by atoms with Gasteiger partial charge < -0.3 is 14.6 Å². The Kier molecular flexibility index (Phi) is 4.24. The van der Waals surface area contributed by atoms with Crippen molar-refractivity contribution < 1.29 is 9.90 Å². The molecule has 4 rings (SSSR count). The van der Waals surface area contributed by atoms with E-state index in [1.54, 1.807) is 12.3 Å². The molecule has 0 radical (unpaired) electrons. The molecule has 0 amide bonds. The standard InChI is InChI=1S/C21H23N3O2/c1-14-3-6-19-16(11-14)17-13-23(2)9-8-20(17)24(19)10-7-15-4-5-18(21(25)26)22-12-15/h3-6,11-12H,7-10,13H2,1-2H3,(H,25,26). The number of pyridine rings is 1. The number of aryl methyl sites for hydroxylation is 3. The summed E-state index contributed by atoms with van der Waals surface area (Å²) in [4.78, 5) is 17.4. The van der Waals surface area contributed by atoms with E-state index in [2.05, 4.69) is 46.6 Å². The molecule has 5 nitrogen and oxygen atoms in total. The number of carboxylic acids is 1. The second kappa shape index (κ2) is 6.57. The second-order valence-electron chi connectivity index (χ2n) is 7.19. The van der Waals surface area contributed by atoms with E-state index in [0.717, 1.165) is 38.0 Å². The molecule has 134 valence electrons. The first-order chi connectivity index (χ1) is 12.5.